The van der Waals surface area contributed by atoms with Gasteiger partial charge in [-0.2, -0.15) is 0 Å². The maximum absolute atomic E-state index is 2.32. The van der Waals surface area contributed by atoms with Crippen LogP contribution in [-0.2, 0) is 0 Å². The minimum absolute atomic E-state index is 0.903. The molecule has 0 aliphatic carbocycles. The van der Waals surface area contributed by atoms with E-state index in [-0.39, 0.29) is 0 Å². The second-order valence-corrected chi connectivity index (χ2v) is 4.30. The molecule has 0 unspecified atom stereocenters. The molecule has 12 heavy (non-hydrogen) atoms. The highest BCUT2D eigenvalue weighted by molar-refractivity contribution is 4.48. The summed E-state index contributed by atoms with van der Waals surface area (Å²) < 4.78 is 0. The SMILES string of the molecule is CCCCCCCCCC(C)C. The van der Waals surface area contributed by atoms with Crippen LogP contribution in [0.3, 0.4) is 0 Å². The van der Waals surface area contributed by atoms with Gasteiger partial charge in [-0.25, -0.2) is 0 Å². The summed E-state index contributed by atoms with van der Waals surface area (Å²) >= 11 is 0. The Bertz CT molecular complexity index is 74.1. The van der Waals surface area contributed by atoms with Gasteiger partial charge in [0.2, 0.25) is 0 Å². The van der Waals surface area contributed by atoms with Crippen LogP contribution < -0.4 is 0 Å². The minimum atomic E-state index is 0.903. The van der Waals surface area contributed by atoms with Crippen molar-refractivity contribution in [2.75, 3.05) is 0 Å². The standard InChI is InChI=1S/C12H26/c1-4-5-6-7-8-9-10-11-12(2)3/h12H,4-11H2,1-3H3. The molecule has 0 nitrogen and oxygen atoms in total. The summed E-state index contributed by atoms with van der Waals surface area (Å²) in [5.74, 6) is 0.903. The van der Waals surface area contributed by atoms with Gasteiger partial charge in [0, 0.05) is 0 Å². The van der Waals surface area contributed by atoms with Crippen LogP contribution in [-0.4, -0.2) is 0 Å². The lowest BCUT2D eigenvalue weighted by molar-refractivity contribution is 0.511. The topological polar surface area (TPSA) is 0 Å². The van der Waals surface area contributed by atoms with E-state index < -0.39 is 0 Å². The highest BCUT2D eigenvalue weighted by Gasteiger charge is 1.93. The molecule has 0 saturated carbocycles. The zero-order valence-electron chi connectivity index (χ0n) is 9.23. The van der Waals surface area contributed by atoms with E-state index in [1.54, 1.807) is 0 Å². The first-order valence-electron chi connectivity index (χ1n) is 5.77. The van der Waals surface area contributed by atoms with Gasteiger partial charge < -0.3 is 0 Å². The van der Waals surface area contributed by atoms with Crippen molar-refractivity contribution < 1.29 is 0 Å². The number of hydrogen-bond donors (Lipinski definition) is 0. The van der Waals surface area contributed by atoms with Crippen LogP contribution in [0.4, 0.5) is 0 Å². The Labute approximate surface area is 78.8 Å². The van der Waals surface area contributed by atoms with Crippen LogP contribution in [0, 0.1) is 5.92 Å². The lowest BCUT2D eigenvalue weighted by Crippen LogP contribution is -1.87. The Kier molecular flexibility index (Phi) is 9.09. The van der Waals surface area contributed by atoms with E-state index in [0.717, 1.165) is 5.92 Å². The van der Waals surface area contributed by atoms with Gasteiger partial charge in [0.25, 0.3) is 0 Å². The third-order valence-electron chi connectivity index (χ3n) is 2.39. The van der Waals surface area contributed by atoms with Gasteiger partial charge in [-0.1, -0.05) is 72.1 Å². The summed E-state index contributed by atoms with van der Waals surface area (Å²) in [6.07, 6.45) is 11.5. The molecule has 0 fully saturated rings. The fourth-order valence-electron chi connectivity index (χ4n) is 1.51. The summed E-state index contributed by atoms with van der Waals surface area (Å²) in [5, 5.41) is 0. The summed E-state index contributed by atoms with van der Waals surface area (Å²) in [6.45, 7) is 6.91. The van der Waals surface area contributed by atoms with Crippen LogP contribution in [0.15, 0.2) is 0 Å². The minimum Gasteiger partial charge on any atom is -0.0654 e. The molecular weight excluding hydrogens is 144 g/mol. The van der Waals surface area contributed by atoms with Crippen LogP contribution in [0.5, 0.6) is 0 Å². The highest BCUT2D eigenvalue weighted by Crippen LogP contribution is 2.11. The molecule has 74 valence electrons. The Morgan fingerprint density at radius 3 is 1.75 bits per heavy atom. The summed E-state index contributed by atoms with van der Waals surface area (Å²) in [6, 6.07) is 0. The lowest BCUT2D eigenvalue weighted by atomic mass is 10.0. The first-order valence-corrected chi connectivity index (χ1v) is 5.77. The highest BCUT2D eigenvalue weighted by atomic mass is 14.0. The van der Waals surface area contributed by atoms with Crippen molar-refractivity contribution in [3.63, 3.8) is 0 Å². The molecule has 0 aliphatic rings. The molecule has 0 aliphatic heterocycles. The van der Waals surface area contributed by atoms with Gasteiger partial charge >= 0.3 is 0 Å². The van der Waals surface area contributed by atoms with Crippen molar-refractivity contribution in [2.24, 2.45) is 5.92 Å². The predicted octanol–water partition coefficient (Wildman–Crippen LogP) is 4.78. The van der Waals surface area contributed by atoms with Crippen molar-refractivity contribution in [1.29, 1.82) is 0 Å². The fourth-order valence-corrected chi connectivity index (χ4v) is 1.51. The number of hydrogen-bond acceptors (Lipinski definition) is 0. The lowest BCUT2D eigenvalue weighted by Gasteiger charge is -2.03. The Balaban J connectivity index is 2.82. The smallest absolute Gasteiger partial charge is 0.0471 e. The number of rotatable bonds is 8. The van der Waals surface area contributed by atoms with Crippen molar-refractivity contribution in [3.8, 4) is 0 Å². The fraction of sp³-hybridized carbons (Fsp3) is 1.00. The molecule has 0 N–H and O–H groups in total. The van der Waals surface area contributed by atoms with Crippen LogP contribution in [0.2, 0.25) is 0 Å². The quantitative estimate of drug-likeness (QED) is 0.460. The maximum Gasteiger partial charge on any atom is -0.0471 e. The molecule has 0 atom stereocenters. The van der Waals surface area contributed by atoms with Crippen LogP contribution in [0.1, 0.15) is 72.1 Å². The molecule has 0 heteroatoms. The molecule has 0 saturated heterocycles. The second-order valence-electron chi connectivity index (χ2n) is 4.30. The van der Waals surface area contributed by atoms with Crippen LogP contribution >= 0.6 is 0 Å². The summed E-state index contributed by atoms with van der Waals surface area (Å²) in [5.41, 5.74) is 0. The van der Waals surface area contributed by atoms with Crippen molar-refractivity contribution in [1.82, 2.24) is 0 Å². The monoisotopic (exact) mass is 170 g/mol. The zero-order chi connectivity index (χ0) is 9.23. The molecule has 0 aromatic carbocycles. The zero-order valence-corrected chi connectivity index (χ0v) is 9.23. The molecule has 0 aromatic heterocycles. The van der Waals surface area contributed by atoms with E-state index in [1.165, 1.54) is 51.4 Å². The van der Waals surface area contributed by atoms with E-state index >= 15 is 0 Å². The van der Waals surface area contributed by atoms with Gasteiger partial charge in [0.1, 0.15) is 0 Å². The third kappa shape index (κ3) is 10.0. The maximum atomic E-state index is 2.32. The Morgan fingerprint density at radius 1 is 0.750 bits per heavy atom. The predicted molar refractivity (Wildman–Crippen MR) is 57.4 cm³/mol. The number of unbranched alkanes of at least 4 members (excludes halogenated alkanes) is 6. The summed E-state index contributed by atoms with van der Waals surface area (Å²) in [4.78, 5) is 0. The third-order valence-corrected chi connectivity index (χ3v) is 2.39. The van der Waals surface area contributed by atoms with E-state index in [0.29, 0.717) is 0 Å². The Morgan fingerprint density at radius 2 is 1.25 bits per heavy atom. The molecule has 0 amide bonds. The first-order chi connectivity index (χ1) is 5.77. The van der Waals surface area contributed by atoms with Crippen LogP contribution in [0.25, 0.3) is 0 Å². The van der Waals surface area contributed by atoms with Gasteiger partial charge in [-0.05, 0) is 5.92 Å². The largest absolute Gasteiger partial charge is 0.0654 e. The van der Waals surface area contributed by atoms with Crippen molar-refractivity contribution in [3.05, 3.63) is 0 Å². The van der Waals surface area contributed by atoms with Gasteiger partial charge in [-0.3, -0.25) is 0 Å². The normalized spacial score (nSPS) is 11.0. The van der Waals surface area contributed by atoms with Gasteiger partial charge in [0.05, 0.1) is 0 Å². The second kappa shape index (κ2) is 9.09. The van der Waals surface area contributed by atoms with Crippen molar-refractivity contribution in [2.45, 2.75) is 72.1 Å². The van der Waals surface area contributed by atoms with Gasteiger partial charge in [0.15, 0.2) is 0 Å². The molecule has 0 rings (SSSR count). The van der Waals surface area contributed by atoms with E-state index in [4.69, 9.17) is 0 Å². The van der Waals surface area contributed by atoms with Crippen molar-refractivity contribution >= 4 is 0 Å². The van der Waals surface area contributed by atoms with E-state index in [9.17, 15) is 0 Å². The molecule has 0 aromatic rings. The Hall–Kier alpha value is 0. The average Bonchev–Trinajstić information content (AvgIpc) is 2.02. The molecule has 0 spiro atoms. The first kappa shape index (κ1) is 12.0. The van der Waals surface area contributed by atoms with E-state index in [1.807, 2.05) is 0 Å². The summed E-state index contributed by atoms with van der Waals surface area (Å²) in [7, 11) is 0. The van der Waals surface area contributed by atoms with E-state index in [2.05, 4.69) is 20.8 Å². The average molecular weight is 170 g/mol. The molecule has 0 bridgehead atoms. The molecular formula is C12H26. The molecule has 0 heterocycles. The van der Waals surface area contributed by atoms with Gasteiger partial charge in [-0.15, -0.1) is 0 Å². The molecule has 0 radical (unpaired) electrons.